The van der Waals surface area contributed by atoms with Crippen molar-refractivity contribution >= 4 is 17.7 Å². The van der Waals surface area contributed by atoms with E-state index in [0.717, 1.165) is 36.1 Å². The molecule has 3 aliphatic heterocycles. The first-order valence-corrected chi connectivity index (χ1v) is 10.2. The largest absolute Gasteiger partial charge is 0.329 e. The summed E-state index contributed by atoms with van der Waals surface area (Å²) in [6, 6.07) is 5.72. The lowest BCUT2D eigenvalue weighted by Gasteiger charge is -2.38. The minimum absolute atomic E-state index is 0.102. The van der Waals surface area contributed by atoms with Crippen molar-refractivity contribution in [2.45, 2.75) is 57.8 Å². The summed E-state index contributed by atoms with van der Waals surface area (Å²) in [6.45, 7) is 4.99. The lowest BCUT2D eigenvalue weighted by Crippen LogP contribution is -2.52. The Kier molecular flexibility index (Phi) is 5.21. The molecule has 150 valence electrons. The third-order valence-corrected chi connectivity index (χ3v) is 6.38. The Hall–Kier alpha value is -2.25. The van der Waals surface area contributed by atoms with Crippen LogP contribution in [0.4, 0.5) is 0 Å². The summed E-state index contributed by atoms with van der Waals surface area (Å²) in [5.74, 6) is -0.0591. The maximum atomic E-state index is 13.2. The molecule has 3 atom stereocenters. The number of imide groups is 1. The first-order valence-electron chi connectivity index (χ1n) is 10.2. The Bertz CT molecular complexity index is 809. The molecule has 28 heavy (non-hydrogen) atoms. The highest BCUT2D eigenvalue weighted by atomic mass is 16.2. The number of hydrogen-bond donors (Lipinski definition) is 2. The van der Waals surface area contributed by atoms with Crippen molar-refractivity contribution in [2.75, 3.05) is 13.1 Å². The number of nitrogens with one attached hydrogen (secondary N) is 1. The molecule has 3 amide bonds. The molecule has 0 aromatic heterocycles. The maximum Gasteiger partial charge on any atom is 0.255 e. The molecule has 0 bridgehead atoms. The van der Waals surface area contributed by atoms with E-state index in [1.807, 2.05) is 18.2 Å². The predicted molar refractivity (Wildman–Crippen MR) is 104 cm³/mol. The number of hydrogen-bond acceptors (Lipinski definition) is 5. The highest BCUT2D eigenvalue weighted by Gasteiger charge is 2.40. The number of rotatable bonds is 4. The van der Waals surface area contributed by atoms with E-state index < -0.39 is 6.04 Å². The predicted octanol–water partition coefficient (Wildman–Crippen LogP) is 1.01. The summed E-state index contributed by atoms with van der Waals surface area (Å²) >= 11 is 0. The molecule has 0 saturated carbocycles. The maximum absolute atomic E-state index is 13.2. The lowest BCUT2D eigenvalue weighted by molar-refractivity contribution is -0.136. The van der Waals surface area contributed by atoms with E-state index in [1.54, 1.807) is 4.90 Å². The second kappa shape index (κ2) is 7.64. The van der Waals surface area contributed by atoms with Crippen molar-refractivity contribution in [1.29, 1.82) is 0 Å². The molecule has 2 fully saturated rings. The third kappa shape index (κ3) is 3.44. The first-order chi connectivity index (χ1) is 13.5. The topological polar surface area (TPSA) is 95.7 Å². The molecular formula is C21H28N4O3. The molecule has 2 saturated heterocycles. The molecule has 3 heterocycles. The van der Waals surface area contributed by atoms with E-state index in [0.29, 0.717) is 38.0 Å². The zero-order valence-corrected chi connectivity index (χ0v) is 16.3. The highest BCUT2D eigenvalue weighted by molar-refractivity contribution is 6.05. The summed E-state index contributed by atoms with van der Waals surface area (Å²) in [5.41, 5.74) is 8.70. The van der Waals surface area contributed by atoms with Crippen LogP contribution in [0, 0.1) is 5.92 Å². The molecule has 0 radical (unpaired) electrons. The first kappa shape index (κ1) is 19.1. The van der Waals surface area contributed by atoms with Gasteiger partial charge in [0.15, 0.2) is 0 Å². The second-order valence-electron chi connectivity index (χ2n) is 8.34. The molecule has 1 unspecified atom stereocenters. The normalized spacial score (nSPS) is 28.4. The SMILES string of the molecule is C[C@@H]1CCN(Cc2cccc3c2C(=O)N(C2CCC(=O)NC2=O)C3)[C@H](CN)C1. The Labute approximate surface area is 165 Å². The molecular weight excluding hydrogens is 356 g/mol. The average Bonchev–Trinajstić information content (AvgIpc) is 3.00. The van der Waals surface area contributed by atoms with Crippen LogP contribution in [-0.2, 0) is 22.7 Å². The van der Waals surface area contributed by atoms with Gasteiger partial charge in [0.1, 0.15) is 6.04 Å². The molecule has 7 nitrogen and oxygen atoms in total. The van der Waals surface area contributed by atoms with Gasteiger partial charge < -0.3 is 10.6 Å². The van der Waals surface area contributed by atoms with Crippen molar-refractivity contribution in [3.8, 4) is 0 Å². The molecule has 4 rings (SSSR count). The molecule has 7 heteroatoms. The number of benzene rings is 1. The lowest BCUT2D eigenvalue weighted by atomic mass is 9.91. The smallest absolute Gasteiger partial charge is 0.255 e. The zero-order valence-electron chi connectivity index (χ0n) is 16.3. The van der Waals surface area contributed by atoms with Gasteiger partial charge in [0, 0.05) is 37.7 Å². The number of carbonyl (C=O) groups is 3. The zero-order chi connectivity index (χ0) is 19.8. The Morgan fingerprint density at radius 2 is 2.04 bits per heavy atom. The third-order valence-electron chi connectivity index (χ3n) is 6.38. The number of nitrogens with zero attached hydrogens (tertiary/aromatic N) is 2. The van der Waals surface area contributed by atoms with Gasteiger partial charge in [0.05, 0.1) is 0 Å². The van der Waals surface area contributed by atoms with Crippen molar-refractivity contribution < 1.29 is 14.4 Å². The van der Waals surface area contributed by atoms with E-state index in [4.69, 9.17) is 5.73 Å². The summed E-state index contributed by atoms with van der Waals surface area (Å²) in [4.78, 5) is 40.9. The fraction of sp³-hybridized carbons (Fsp3) is 0.571. The Balaban J connectivity index is 1.55. The second-order valence-corrected chi connectivity index (χ2v) is 8.34. The molecule has 0 spiro atoms. The molecule has 3 aliphatic rings. The summed E-state index contributed by atoms with van der Waals surface area (Å²) in [5, 5.41) is 2.36. The number of piperidine rings is 2. The number of carbonyl (C=O) groups excluding carboxylic acids is 3. The van der Waals surface area contributed by atoms with Gasteiger partial charge in [-0.3, -0.25) is 24.6 Å². The van der Waals surface area contributed by atoms with E-state index in [-0.39, 0.29) is 24.1 Å². The molecule has 1 aromatic carbocycles. The van der Waals surface area contributed by atoms with Gasteiger partial charge in [-0.1, -0.05) is 25.1 Å². The average molecular weight is 384 g/mol. The fourth-order valence-electron chi connectivity index (χ4n) is 4.79. The van der Waals surface area contributed by atoms with Crippen LogP contribution in [0.25, 0.3) is 0 Å². The van der Waals surface area contributed by atoms with Crippen LogP contribution < -0.4 is 11.1 Å². The summed E-state index contributed by atoms with van der Waals surface area (Å²) in [7, 11) is 0. The highest BCUT2D eigenvalue weighted by Crippen LogP contribution is 2.32. The quantitative estimate of drug-likeness (QED) is 0.756. The van der Waals surface area contributed by atoms with Crippen molar-refractivity contribution in [1.82, 2.24) is 15.1 Å². The van der Waals surface area contributed by atoms with Gasteiger partial charge in [-0.05, 0) is 42.9 Å². The van der Waals surface area contributed by atoms with Crippen molar-refractivity contribution in [3.63, 3.8) is 0 Å². The number of fused-ring (bicyclic) bond motifs is 1. The molecule has 3 N–H and O–H groups in total. The van der Waals surface area contributed by atoms with Gasteiger partial charge in [-0.25, -0.2) is 0 Å². The Morgan fingerprint density at radius 3 is 2.79 bits per heavy atom. The van der Waals surface area contributed by atoms with E-state index >= 15 is 0 Å². The standard InChI is InChI=1S/C21H28N4O3/c1-13-7-8-24(16(9-13)10-22)11-14-3-2-4-15-12-25(21(28)19(14)15)17-5-6-18(26)23-20(17)27/h2-4,13,16-17H,5-12,22H2,1H3,(H,23,26,27)/t13-,16+,17?/m1/s1. The minimum Gasteiger partial charge on any atom is -0.329 e. The van der Waals surface area contributed by atoms with Crippen molar-refractivity contribution in [3.05, 3.63) is 34.9 Å². The molecule has 0 aliphatic carbocycles. The summed E-state index contributed by atoms with van der Waals surface area (Å²) < 4.78 is 0. The van der Waals surface area contributed by atoms with Gasteiger partial charge in [0.25, 0.3) is 5.91 Å². The Morgan fingerprint density at radius 1 is 1.21 bits per heavy atom. The van der Waals surface area contributed by atoms with Crippen LogP contribution in [0.3, 0.4) is 0 Å². The van der Waals surface area contributed by atoms with Crippen LogP contribution in [0.15, 0.2) is 18.2 Å². The molecule has 1 aromatic rings. The monoisotopic (exact) mass is 384 g/mol. The van der Waals surface area contributed by atoms with E-state index in [2.05, 4.69) is 17.1 Å². The fourth-order valence-corrected chi connectivity index (χ4v) is 4.79. The van der Waals surface area contributed by atoms with Crippen LogP contribution in [-0.4, -0.2) is 52.7 Å². The van der Waals surface area contributed by atoms with E-state index in [1.165, 1.54) is 0 Å². The van der Waals surface area contributed by atoms with Gasteiger partial charge in [-0.15, -0.1) is 0 Å². The van der Waals surface area contributed by atoms with Crippen LogP contribution >= 0.6 is 0 Å². The van der Waals surface area contributed by atoms with Crippen molar-refractivity contribution in [2.24, 2.45) is 11.7 Å². The van der Waals surface area contributed by atoms with E-state index in [9.17, 15) is 14.4 Å². The van der Waals surface area contributed by atoms with Gasteiger partial charge in [0.2, 0.25) is 11.8 Å². The minimum atomic E-state index is -0.571. The van der Waals surface area contributed by atoms with Crippen LogP contribution in [0.1, 0.15) is 54.1 Å². The summed E-state index contributed by atoms with van der Waals surface area (Å²) in [6.07, 6.45) is 2.89. The van der Waals surface area contributed by atoms with Crippen LogP contribution in [0.2, 0.25) is 0 Å². The number of nitrogens with two attached hydrogens (primary N) is 1. The van der Waals surface area contributed by atoms with Gasteiger partial charge in [-0.2, -0.15) is 0 Å². The number of likely N-dealkylation sites (tertiary alicyclic amines) is 1. The van der Waals surface area contributed by atoms with Crippen LogP contribution in [0.5, 0.6) is 0 Å². The number of amides is 3. The van der Waals surface area contributed by atoms with Gasteiger partial charge >= 0.3 is 0 Å².